The monoisotopic (exact) mass is 251 g/mol. The summed E-state index contributed by atoms with van der Waals surface area (Å²) in [5, 5.41) is -0.533. The minimum absolute atomic E-state index is 0.0621. The SMILES string of the molecule is O=CCC(Cl)CN1C(=O)c2ccccc2C1=O. The number of fused-ring (bicyclic) bond motifs is 1. The first-order valence-electron chi connectivity index (χ1n) is 5.18. The van der Waals surface area contributed by atoms with Crippen LogP contribution in [0.5, 0.6) is 0 Å². The van der Waals surface area contributed by atoms with E-state index in [1.54, 1.807) is 24.3 Å². The van der Waals surface area contributed by atoms with Gasteiger partial charge in [-0.1, -0.05) is 12.1 Å². The average Bonchev–Trinajstić information content (AvgIpc) is 2.56. The molecule has 1 aliphatic heterocycles. The Morgan fingerprint density at radius 1 is 1.18 bits per heavy atom. The zero-order valence-corrected chi connectivity index (χ0v) is 9.68. The lowest BCUT2D eigenvalue weighted by Gasteiger charge is -2.16. The summed E-state index contributed by atoms with van der Waals surface area (Å²) >= 11 is 5.86. The van der Waals surface area contributed by atoms with Crippen LogP contribution in [-0.4, -0.2) is 34.9 Å². The van der Waals surface area contributed by atoms with Gasteiger partial charge in [-0.05, 0) is 12.1 Å². The summed E-state index contributed by atoms with van der Waals surface area (Å²) in [4.78, 5) is 35.2. The predicted molar refractivity (Wildman–Crippen MR) is 62.1 cm³/mol. The lowest BCUT2D eigenvalue weighted by atomic mass is 10.1. The number of hydrogen-bond donors (Lipinski definition) is 0. The number of nitrogens with zero attached hydrogens (tertiary/aromatic N) is 1. The van der Waals surface area contributed by atoms with E-state index >= 15 is 0 Å². The standard InChI is InChI=1S/C12H10ClNO3/c13-8(5-6-15)7-14-11(16)9-3-1-2-4-10(9)12(14)17/h1-4,6,8H,5,7H2. The highest BCUT2D eigenvalue weighted by atomic mass is 35.5. The first kappa shape index (κ1) is 11.8. The van der Waals surface area contributed by atoms with Gasteiger partial charge in [-0.25, -0.2) is 0 Å². The van der Waals surface area contributed by atoms with Gasteiger partial charge in [0.15, 0.2) is 0 Å². The van der Waals surface area contributed by atoms with Gasteiger partial charge < -0.3 is 4.79 Å². The third-order valence-corrected chi connectivity index (χ3v) is 2.93. The van der Waals surface area contributed by atoms with E-state index in [2.05, 4.69) is 0 Å². The Kier molecular flexibility index (Phi) is 3.24. The van der Waals surface area contributed by atoms with E-state index in [0.29, 0.717) is 17.4 Å². The summed E-state index contributed by atoms with van der Waals surface area (Å²) in [5.74, 6) is -0.690. The Bertz CT molecular complexity index is 451. The van der Waals surface area contributed by atoms with Crippen LogP contribution in [0.1, 0.15) is 27.1 Å². The Morgan fingerprint density at radius 2 is 1.71 bits per heavy atom. The molecule has 5 heteroatoms. The molecule has 88 valence electrons. The second-order valence-corrected chi connectivity index (χ2v) is 4.38. The normalized spacial score (nSPS) is 15.9. The highest BCUT2D eigenvalue weighted by Crippen LogP contribution is 2.23. The molecule has 1 atom stereocenters. The average molecular weight is 252 g/mol. The molecule has 2 amide bonds. The van der Waals surface area contributed by atoms with Crippen LogP contribution in [0.25, 0.3) is 0 Å². The summed E-state index contributed by atoms with van der Waals surface area (Å²) in [5.41, 5.74) is 0.792. The van der Waals surface area contributed by atoms with Crippen molar-refractivity contribution in [2.24, 2.45) is 0 Å². The van der Waals surface area contributed by atoms with Crippen molar-refractivity contribution >= 4 is 29.7 Å². The number of hydrogen-bond acceptors (Lipinski definition) is 3. The highest BCUT2D eigenvalue weighted by Gasteiger charge is 2.35. The molecule has 0 bridgehead atoms. The summed E-state index contributed by atoms with van der Waals surface area (Å²) in [6, 6.07) is 6.63. The third-order valence-electron chi connectivity index (χ3n) is 2.61. The molecule has 1 aliphatic rings. The third kappa shape index (κ3) is 2.08. The van der Waals surface area contributed by atoms with E-state index in [4.69, 9.17) is 11.6 Å². The molecule has 1 heterocycles. The molecule has 0 saturated heterocycles. The zero-order chi connectivity index (χ0) is 12.4. The number of carbonyl (C=O) groups excluding carboxylic acids is 3. The first-order valence-corrected chi connectivity index (χ1v) is 5.61. The number of carbonyl (C=O) groups is 3. The second kappa shape index (κ2) is 4.67. The van der Waals surface area contributed by atoms with Gasteiger partial charge in [0.1, 0.15) is 6.29 Å². The van der Waals surface area contributed by atoms with Crippen molar-refractivity contribution in [2.75, 3.05) is 6.54 Å². The van der Waals surface area contributed by atoms with Crippen molar-refractivity contribution in [3.8, 4) is 0 Å². The van der Waals surface area contributed by atoms with Gasteiger partial charge in [0.2, 0.25) is 0 Å². The minimum atomic E-state index is -0.533. The van der Waals surface area contributed by atoms with Gasteiger partial charge in [-0.3, -0.25) is 14.5 Å². The molecule has 1 aromatic rings. The van der Waals surface area contributed by atoms with Crippen LogP contribution in [0.2, 0.25) is 0 Å². The highest BCUT2D eigenvalue weighted by molar-refractivity contribution is 6.24. The van der Waals surface area contributed by atoms with E-state index in [9.17, 15) is 14.4 Å². The smallest absolute Gasteiger partial charge is 0.261 e. The molecule has 0 aromatic heterocycles. The van der Waals surface area contributed by atoms with Gasteiger partial charge in [0.05, 0.1) is 16.5 Å². The van der Waals surface area contributed by atoms with E-state index in [-0.39, 0.29) is 24.8 Å². The summed E-state index contributed by atoms with van der Waals surface area (Å²) in [6.45, 7) is 0.0621. The molecule has 0 saturated carbocycles. The number of rotatable bonds is 4. The van der Waals surface area contributed by atoms with Gasteiger partial charge in [-0.15, -0.1) is 11.6 Å². The predicted octanol–water partition coefficient (Wildman–Crippen LogP) is 1.48. The Morgan fingerprint density at radius 3 is 2.18 bits per heavy atom. The van der Waals surface area contributed by atoms with E-state index in [1.807, 2.05) is 0 Å². The van der Waals surface area contributed by atoms with Crippen molar-refractivity contribution in [1.29, 1.82) is 0 Å². The lowest BCUT2D eigenvalue weighted by molar-refractivity contribution is -0.107. The molecule has 17 heavy (non-hydrogen) atoms. The molecular weight excluding hydrogens is 242 g/mol. The van der Waals surface area contributed by atoms with Crippen molar-refractivity contribution in [2.45, 2.75) is 11.8 Å². The minimum Gasteiger partial charge on any atom is -0.303 e. The number of alkyl halides is 1. The Balaban J connectivity index is 2.21. The topological polar surface area (TPSA) is 54.5 Å². The van der Waals surface area contributed by atoms with E-state index < -0.39 is 5.38 Å². The second-order valence-electron chi connectivity index (χ2n) is 3.77. The zero-order valence-electron chi connectivity index (χ0n) is 8.93. The molecule has 0 fully saturated rings. The molecular formula is C12H10ClNO3. The number of imide groups is 1. The maximum absolute atomic E-state index is 11.9. The van der Waals surface area contributed by atoms with Crippen molar-refractivity contribution in [1.82, 2.24) is 4.90 Å². The molecule has 0 radical (unpaired) electrons. The number of amides is 2. The van der Waals surface area contributed by atoms with Crippen molar-refractivity contribution in [3.05, 3.63) is 35.4 Å². The van der Waals surface area contributed by atoms with Crippen LogP contribution in [0, 0.1) is 0 Å². The molecule has 0 spiro atoms. The number of aldehydes is 1. The molecule has 4 nitrogen and oxygen atoms in total. The van der Waals surface area contributed by atoms with Crippen molar-refractivity contribution in [3.63, 3.8) is 0 Å². The molecule has 0 N–H and O–H groups in total. The Labute approximate surface area is 103 Å². The van der Waals surface area contributed by atoms with E-state index in [1.165, 1.54) is 0 Å². The number of benzene rings is 1. The fraction of sp³-hybridized carbons (Fsp3) is 0.250. The largest absolute Gasteiger partial charge is 0.303 e. The summed E-state index contributed by atoms with van der Waals surface area (Å²) < 4.78 is 0. The number of halogens is 1. The fourth-order valence-electron chi connectivity index (χ4n) is 1.78. The first-order chi connectivity index (χ1) is 8.15. The van der Waals surface area contributed by atoms with Crippen molar-refractivity contribution < 1.29 is 14.4 Å². The molecule has 1 unspecified atom stereocenters. The molecule has 0 aliphatic carbocycles. The Hall–Kier alpha value is -1.68. The van der Waals surface area contributed by atoms with Crippen LogP contribution >= 0.6 is 11.6 Å². The molecule has 2 rings (SSSR count). The van der Waals surface area contributed by atoms with Crippen LogP contribution < -0.4 is 0 Å². The van der Waals surface area contributed by atoms with Crippen LogP contribution in [0.3, 0.4) is 0 Å². The van der Waals surface area contributed by atoms with Crippen LogP contribution in [-0.2, 0) is 4.79 Å². The summed E-state index contributed by atoms with van der Waals surface area (Å²) in [6.07, 6.45) is 0.796. The fourth-order valence-corrected chi connectivity index (χ4v) is 1.99. The van der Waals surface area contributed by atoms with Gasteiger partial charge in [-0.2, -0.15) is 0 Å². The van der Waals surface area contributed by atoms with E-state index in [0.717, 1.165) is 4.90 Å². The molecule has 1 aromatic carbocycles. The van der Waals surface area contributed by atoms with Crippen LogP contribution in [0.15, 0.2) is 24.3 Å². The maximum atomic E-state index is 11.9. The summed E-state index contributed by atoms with van der Waals surface area (Å²) in [7, 11) is 0. The quantitative estimate of drug-likeness (QED) is 0.463. The van der Waals surface area contributed by atoms with Gasteiger partial charge in [0, 0.05) is 13.0 Å². The van der Waals surface area contributed by atoms with Gasteiger partial charge >= 0.3 is 0 Å². The maximum Gasteiger partial charge on any atom is 0.261 e. The van der Waals surface area contributed by atoms with Gasteiger partial charge in [0.25, 0.3) is 11.8 Å². The lowest BCUT2D eigenvalue weighted by Crippen LogP contribution is -2.35. The van der Waals surface area contributed by atoms with Crippen LogP contribution in [0.4, 0.5) is 0 Å².